The van der Waals surface area contributed by atoms with Crippen LogP contribution in [0.5, 0.6) is 0 Å². The molecule has 0 saturated carbocycles. The van der Waals surface area contributed by atoms with Gasteiger partial charge in [0.2, 0.25) is 0 Å². The number of hydrogen-bond donors (Lipinski definition) is 0. The average molecular weight is 459 g/mol. The Bertz CT molecular complexity index is 989. The van der Waals surface area contributed by atoms with Gasteiger partial charge in [-0.05, 0) is 63.3 Å². The minimum absolute atomic E-state index is 0.400. The second-order valence-electron chi connectivity index (χ2n) is 9.47. The number of nitrogens with zero attached hydrogens (tertiary/aromatic N) is 6. The lowest BCUT2D eigenvalue weighted by molar-refractivity contribution is 0.197. The summed E-state index contributed by atoms with van der Waals surface area (Å²) in [7, 11) is 0. The topological polar surface area (TPSA) is 48.4 Å². The summed E-state index contributed by atoms with van der Waals surface area (Å²) in [6.07, 6.45) is 0. The van der Waals surface area contributed by atoms with Crippen LogP contribution in [0.1, 0.15) is 61.9 Å². The van der Waals surface area contributed by atoms with Crippen LogP contribution < -0.4 is 0 Å². The van der Waals surface area contributed by atoms with Gasteiger partial charge in [-0.1, -0.05) is 32.0 Å². The van der Waals surface area contributed by atoms with E-state index in [1.165, 1.54) is 0 Å². The first-order valence-electron chi connectivity index (χ1n) is 12.6. The molecule has 3 aromatic heterocycles. The van der Waals surface area contributed by atoms with Crippen LogP contribution in [0.15, 0.2) is 54.6 Å². The van der Waals surface area contributed by atoms with Crippen LogP contribution in [-0.2, 0) is 39.3 Å². The zero-order valence-electron chi connectivity index (χ0n) is 21.1. The molecule has 3 aromatic rings. The Kier molecular flexibility index (Phi) is 8.38. The molecule has 4 heterocycles. The van der Waals surface area contributed by atoms with Gasteiger partial charge < -0.3 is 0 Å². The van der Waals surface area contributed by atoms with Crippen LogP contribution in [-0.4, -0.2) is 48.8 Å². The predicted octanol–water partition coefficient (Wildman–Crippen LogP) is 4.64. The highest BCUT2D eigenvalue weighted by atomic mass is 15.2. The van der Waals surface area contributed by atoms with E-state index in [-0.39, 0.29) is 0 Å². The van der Waals surface area contributed by atoms with Gasteiger partial charge >= 0.3 is 0 Å². The van der Waals surface area contributed by atoms with E-state index in [2.05, 4.69) is 97.0 Å². The summed E-state index contributed by atoms with van der Waals surface area (Å²) in [6, 6.07) is 19.6. The number of aromatic nitrogens is 3. The smallest absolute Gasteiger partial charge is 0.0548 e. The third kappa shape index (κ3) is 6.69. The van der Waals surface area contributed by atoms with Crippen molar-refractivity contribution in [1.29, 1.82) is 0 Å². The minimum atomic E-state index is 0.400. The highest BCUT2D eigenvalue weighted by Gasteiger charge is 2.16. The van der Waals surface area contributed by atoms with Gasteiger partial charge in [0.25, 0.3) is 0 Å². The van der Waals surface area contributed by atoms with Crippen molar-refractivity contribution in [2.75, 3.05) is 13.1 Å². The Morgan fingerprint density at radius 1 is 0.559 bits per heavy atom. The molecule has 0 fully saturated rings. The standard InChI is InChI=1S/C28H38N6/c1-5-32-16-23-10-7-11-24(29-23)17-33(6-2)19-26-13-9-15-28(31-26)21-34(22(3)4)20-27-14-8-12-25(18-32)30-27/h7-15,22H,5-6,16-21H2,1-4H3. The highest BCUT2D eigenvalue weighted by Crippen LogP contribution is 2.16. The Balaban J connectivity index is 1.69. The van der Waals surface area contributed by atoms with Crippen molar-refractivity contribution in [3.8, 4) is 0 Å². The van der Waals surface area contributed by atoms with Crippen molar-refractivity contribution >= 4 is 0 Å². The lowest BCUT2D eigenvalue weighted by Gasteiger charge is -2.27. The molecular weight excluding hydrogens is 420 g/mol. The third-order valence-corrected chi connectivity index (χ3v) is 6.49. The molecule has 4 rings (SSSR count). The lowest BCUT2D eigenvalue weighted by atomic mass is 10.2. The maximum Gasteiger partial charge on any atom is 0.0548 e. The Morgan fingerprint density at radius 3 is 1.12 bits per heavy atom. The van der Waals surface area contributed by atoms with Crippen molar-refractivity contribution in [3.05, 3.63) is 88.8 Å². The molecule has 1 aliphatic rings. The molecule has 0 aromatic carbocycles. The lowest BCUT2D eigenvalue weighted by Crippen LogP contribution is -2.31. The van der Waals surface area contributed by atoms with Crippen molar-refractivity contribution in [1.82, 2.24) is 29.7 Å². The summed E-state index contributed by atoms with van der Waals surface area (Å²) in [5.74, 6) is 0. The molecule has 0 radical (unpaired) electrons. The zero-order valence-corrected chi connectivity index (χ0v) is 21.1. The first-order valence-corrected chi connectivity index (χ1v) is 12.6. The molecule has 6 nitrogen and oxygen atoms in total. The summed E-state index contributed by atoms with van der Waals surface area (Å²) in [4.78, 5) is 22.3. The molecule has 0 aliphatic carbocycles. The first kappa shape index (κ1) is 24.5. The number of pyridine rings is 3. The van der Waals surface area contributed by atoms with E-state index in [9.17, 15) is 0 Å². The van der Waals surface area contributed by atoms with Crippen molar-refractivity contribution < 1.29 is 0 Å². The largest absolute Gasteiger partial charge is 0.292 e. The monoisotopic (exact) mass is 458 g/mol. The maximum atomic E-state index is 5.02. The van der Waals surface area contributed by atoms with Crippen LogP contribution in [0.3, 0.4) is 0 Å². The first-order chi connectivity index (χ1) is 16.5. The maximum absolute atomic E-state index is 5.02. The normalized spacial score (nSPS) is 16.9. The summed E-state index contributed by atoms with van der Waals surface area (Å²) in [5.41, 5.74) is 6.65. The van der Waals surface area contributed by atoms with Crippen molar-refractivity contribution in [2.24, 2.45) is 0 Å². The molecule has 0 unspecified atom stereocenters. The van der Waals surface area contributed by atoms with E-state index in [0.29, 0.717) is 6.04 Å². The van der Waals surface area contributed by atoms with Crippen LogP contribution in [0.25, 0.3) is 0 Å². The van der Waals surface area contributed by atoms with Gasteiger partial charge in [-0.3, -0.25) is 29.7 Å². The fourth-order valence-corrected chi connectivity index (χ4v) is 4.43. The molecule has 0 N–H and O–H groups in total. The van der Waals surface area contributed by atoms with Crippen LogP contribution in [0.2, 0.25) is 0 Å². The zero-order chi connectivity index (χ0) is 23.9. The number of fused-ring (bicyclic) bond motifs is 6. The molecule has 0 spiro atoms. The molecule has 6 bridgehead atoms. The molecule has 0 amide bonds. The molecule has 0 atom stereocenters. The second kappa shape index (κ2) is 11.6. The fourth-order valence-electron chi connectivity index (χ4n) is 4.43. The summed E-state index contributed by atoms with van der Waals surface area (Å²) in [5, 5.41) is 0. The summed E-state index contributed by atoms with van der Waals surface area (Å²) >= 11 is 0. The molecule has 0 saturated heterocycles. The van der Waals surface area contributed by atoms with E-state index < -0.39 is 0 Å². The van der Waals surface area contributed by atoms with Crippen LogP contribution >= 0.6 is 0 Å². The molecular formula is C28H38N6. The van der Waals surface area contributed by atoms with Gasteiger partial charge in [0, 0.05) is 45.3 Å². The quantitative estimate of drug-likeness (QED) is 0.570. The van der Waals surface area contributed by atoms with Gasteiger partial charge in [-0.25, -0.2) is 0 Å². The molecule has 180 valence electrons. The van der Waals surface area contributed by atoms with E-state index in [1.54, 1.807) is 0 Å². The minimum Gasteiger partial charge on any atom is -0.292 e. The number of hydrogen-bond acceptors (Lipinski definition) is 6. The van der Waals surface area contributed by atoms with Gasteiger partial charge in [-0.15, -0.1) is 0 Å². The average Bonchev–Trinajstić information content (AvgIpc) is 2.83. The molecule has 6 heteroatoms. The van der Waals surface area contributed by atoms with Gasteiger partial charge in [0.1, 0.15) is 0 Å². The highest BCUT2D eigenvalue weighted by molar-refractivity contribution is 5.16. The fraction of sp³-hybridized carbons (Fsp3) is 0.464. The van der Waals surface area contributed by atoms with Gasteiger partial charge in [0.15, 0.2) is 0 Å². The van der Waals surface area contributed by atoms with E-state index >= 15 is 0 Å². The third-order valence-electron chi connectivity index (χ3n) is 6.49. The summed E-state index contributed by atoms with van der Waals surface area (Å²) < 4.78 is 0. The Labute approximate surface area is 204 Å². The van der Waals surface area contributed by atoms with Crippen LogP contribution in [0, 0.1) is 0 Å². The second-order valence-corrected chi connectivity index (χ2v) is 9.47. The van der Waals surface area contributed by atoms with E-state index in [4.69, 9.17) is 15.0 Å². The van der Waals surface area contributed by atoms with Crippen molar-refractivity contribution in [2.45, 2.75) is 73.0 Å². The number of rotatable bonds is 3. The Morgan fingerprint density at radius 2 is 0.853 bits per heavy atom. The molecule has 1 aliphatic heterocycles. The predicted molar refractivity (Wildman–Crippen MR) is 137 cm³/mol. The molecule has 34 heavy (non-hydrogen) atoms. The van der Waals surface area contributed by atoms with E-state index in [0.717, 1.165) is 86.5 Å². The van der Waals surface area contributed by atoms with Crippen LogP contribution in [0.4, 0.5) is 0 Å². The SMILES string of the molecule is CCN1Cc2cccc(n2)CN(CC)Cc2cccc(n2)CN(C(C)C)Cc2cccc(n2)C1. The van der Waals surface area contributed by atoms with Gasteiger partial charge in [-0.2, -0.15) is 0 Å². The summed E-state index contributed by atoms with van der Waals surface area (Å²) in [6.45, 7) is 15.7. The van der Waals surface area contributed by atoms with Crippen molar-refractivity contribution in [3.63, 3.8) is 0 Å². The van der Waals surface area contributed by atoms with E-state index in [1.807, 2.05) is 0 Å². The Hall–Kier alpha value is -2.67. The van der Waals surface area contributed by atoms with Gasteiger partial charge in [0.05, 0.1) is 34.2 Å².